The van der Waals surface area contributed by atoms with Gasteiger partial charge in [-0.2, -0.15) is 0 Å². The lowest BCUT2D eigenvalue weighted by molar-refractivity contribution is -0.896. The number of rotatable bonds is 7. The number of pyridine rings is 1. The number of aromatic nitrogens is 3. The molecule has 0 fully saturated rings. The first-order chi connectivity index (χ1) is 17.6. The van der Waals surface area contributed by atoms with Crippen LogP contribution in [-0.2, 0) is 5.92 Å². The zero-order valence-electron chi connectivity index (χ0n) is 21.3. The molecule has 0 aliphatic carbocycles. The number of amides is 1. The summed E-state index contributed by atoms with van der Waals surface area (Å²) < 4.78 is 34.5. The van der Waals surface area contributed by atoms with Gasteiger partial charge in [-0.05, 0) is 53.5 Å². The van der Waals surface area contributed by atoms with E-state index in [2.05, 4.69) is 15.3 Å². The quantitative estimate of drug-likeness (QED) is 0.213. The number of ether oxygens (including phenoxy) is 1. The third kappa shape index (κ3) is 4.89. The van der Waals surface area contributed by atoms with E-state index in [1.54, 1.807) is 26.3 Å². The highest BCUT2D eigenvalue weighted by Gasteiger charge is 2.32. The Labute approximate surface area is 213 Å². The lowest BCUT2D eigenvalue weighted by Gasteiger charge is -2.15. The monoisotopic (exact) mass is 507 g/mol. The van der Waals surface area contributed by atoms with Crippen LogP contribution in [0.3, 0.4) is 0 Å². The predicted molar refractivity (Wildman–Crippen MR) is 136 cm³/mol. The summed E-state index contributed by atoms with van der Waals surface area (Å²) in [5.41, 5.74) is 4.54. The molecule has 0 aliphatic rings. The fourth-order valence-corrected chi connectivity index (χ4v) is 4.39. The van der Waals surface area contributed by atoms with E-state index in [1.807, 2.05) is 32.0 Å². The van der Waals surface area contributed by atoms with Crippen LogP contribution in [0, 0.1) is 20.8 Å². The molecule has 2 heterocycles. The van der Waals surface area contributed by atoms with Crippen molar-refractivity contribution in [1.29, 1.82) is 0 Å². The second kappa shape index (κ2) is 10.0. The zero-order valence-corrected chi connectivity index (χ0v) is 21.3. The number of hydrogen-bond donors (Lipinski definition) is 3. The van der Waals surface area contributed by atoms with Crippen molar-refractivity contribution in [2.75, 3.05) is 12.4 Å². The van der Waals surface area contributed by atoms with Gasteiger partial charge in [0.2, 0.25) is 0 Å². The number of carbonyl (C=O) groups excluding carboxylic acids is 1. The molecule has 0 atom stereocenters. The highest BCUT2D eigenvalue weighted by atomic mass is 19.3. The smallest absolute Gasteiger partial charge is 0.345 e. The Morgan fingerprint density at radius 1 is 1.14 bits per heavy atom. The number of anilines is 1. The highest BCUT2D eigenvalue weighted by Crippen LogP contribution is 2.36. The summed E-state index contributed by atoms with van der Waals surface area (Å²) >= 11 is 0. The standard InChI is InChI=1S/C28H28F2N4O3/c1-6-28(29,30)19-11-8-12-20(13-19)33-27(35)25-18(4)32-26(34(25)36)22-14-21(23(37-5)15-31-22)24-16(2)9-7-10-17(24)3/h7-15,36H,6H2,1-5H3,(H,33,35)/p+1. The molecule has 37 heavy (non-hydrogen) atoms. The average Bonchev–Trinajstić information content (AvgIpc) is 3.17. The summed E-state index contributed by atoms with van der Waals surface area (Å²) in [7, 11) is 1.56. The molecule has 0 bridgehead atoms. The van der Waals surface area contributed by atoms with Crippen molar-refractivity contribution < 1.29 is 28.2 Å². The van der Waals surface area contributed by atoms with Gasteiger partial charge in [-0.15, -0.1) is 0 Å². The van der Waals surface area contributed by atoms with E-state index >= 15 is 0 Å². The van der Waals surface area contributed by atoms with Crippen LogP contribution in [0.25, 0.3) is 22.6 Å². The van der Waals surface area contributed by atoms with Gasteiger partial charge in [0.25, 0.3) is 11.6 Å². The molecule has 4 rings (SSSR count). The number of nitrogens with zero attached hydrogens (tertiary/aromatic N) is 2. The summed E-state index contributed by atoms with van der Waals surface area (Å²) in [5, 5.41) is 13.6. The van der Waals surface area contributed by atoms with Crippen LogP contribution in [0.2, 0.25) is 0 Å². The van der Waals surface area contributed by atoms with E-state index < -0.39 is 11.8 Å². The van der Waals surface area contributed by atoms with Gasteiger partial charge in [0.1, 0.15) is 5.75 Å². The molecule has 9 heteroatoms. The van der Waals surface area contributed by atoms with Crippen molar-refractivity contribution >= 4 is 11.6 Å². The van der Waals surface area contributed by atoms with Crippen molar-refractivity contribution in [1.82, 2.24) is 9.97 Å². The van der Waals surface area contributed by atoms with Gasteiger partial charge in [0.05, 0.1) is 13.3 Å². The first-order valence-corrected chi connectivity index (χ1v) is 11.8. The van der Waals surface area contributed by atoms with Crippen LogP contribution in [-0.4, -0.2) is 28.2 Å². The molecule has 0 unspecified atom stereocenters. The molecular weight excluding hydrogens is 478 g/mol. The van der Waals surface area contributed by atoms with Gasteiger partial charge in [0.15, 0.2) is 11.4 Å². The van der Waals surface area contributed by atoms with Gasteiger partial charge in [-0.25, -0.2) is 18.7 Å². The molecule has 3 N–H and O–H groups in total. The number of aryl methyl sites for hydroxylation is 3. The molecule has 2 aromatic carbocycles. The van der Waals surface area contributed by atoms with Crippen LogP contribution in [0.5, 0.6) is 5.75 Å². The largest absolute Gasteiger partial charge is 0.494 e. The van der Waals surface area contributed by atoms with Gasteiger partial charge in [-0.1, -0.05) is 37.3 Å². The number of H-pyrrole nitrogens is 1. The van der Waals surface area contributed by atoms with Crippen molar-refractivity contribution in [3.63, 3.8) is 0 Å². The maximum Gasteiger partial charge on any atom is 0.345 e. The van der Waals surface area contributed by atoms with E-state index in [-0.39, 0.29) is 29.2 Å². The van der Waals surface area contributed by atoms with E-state index in [1.165, 1.54) is 31.2 Å². The maximum absolute atomic E-state index is 14.1. The molecule has 7 nitrogen and oxygen atoms in total. The fourth-order valence-electron chi connectivity index (χ4n) is 4.39. The number of alkyl halides is 2. The number of imidazole rings is 1. The van der Waals surface area contributed by atoms with Gasteiger partial charge in [0, 0.05) is 30.2 Å². The minimum Gasteiger partial charge on any atom is -0.494 e. The van der Waals surface area contributed by atoms with E-state index in [0.717, 1.165) is 27.0 Å². The summed E-state index contributed by atoms with van der Waals surface area (Å²) in [6.45, 7) is 7.02. The topological polar surface area (TPSA) is 91.1 Å². The molecule has 0 aliphatic heterocycles. The number of nitrogens with one attached hydrogen (secondary N) is 2. The highest BCUT2D eigenvalue weighted by molar-refractivity contribution is 6.02. The number of carbonyl (C=O) groups is 1. The van der Waals surface area contributed by atoms with Gasteiger partial charge in [-0.3, -0.25) is 4.79 Å². The Hall–Kier alpha value is -4.27. The molecule has 0 saturated carbocycles. The molecule has 192 valence electrons. The first-order valence-electron chi connectivity index (χ1n) is 11.8. The normalized spacial score (nSPS) is 11.4. The number of halogens is 2. The predicted octanol–water partition coefficient (Wildman–Crippen LogP) is 5.96. The third-order valence-corrected chi connectivity index (χ3v) is 6.37. The first kappa shape index (κ1) is 25.8. The van der Waals surface area contributed by atoms with E-state index in [0.29, 0.717) is 17.1 Å². The van der Waals surface area contributed by atoms with Crippen molar-refractivity contribution in [2.24, 2.45) is 0 Å². The van der Waals surface area contributed by atoms with Crippen molar-refractivity contribution in [3.8, 4) is 28.4 Å². The Bertz CT molecular complexity index is 1460. The number of methoxy groups -OCH3 is 1. The Morgan fingerprint density at radius 2 is 1.81 bits per heavy atom. The number of aromatic amines is 1. The summed E-state index contributed by atoms with van der Waals surface area (Å²) in [6.07, 6.45) is 1.20. The lowest BCUT2D eigenvalue weighted by atomic mass is 9.95. The van der Waals surface area contributed by atoms with Crippen LogP contribution < -0.4 is 14.8 Å². The average molecular weight is 508 g/mol. The van der Waals surface area contributed by atoms with Crippen molar-refractivity contribution in [3.05, 3.63) is 82.8 Å². The molecule has 1 amide bonds. The number of benzene rings is 2. The number of hydrogen-bond acceptors (Lipinski definition) is 4. The van der Waals surface area contributed by atoms with Crippen LogP contribution in [0.4, 0.5) is 14.5 Å². The second-order valence-electron chi connectivity index (χ2n) is 8.89. The SMILES string of the molecule is CCC(F)(F)c1cccc(NC(=O)c2c(C)[nH]c(-c3cc(-c4c(C)cccc4C)c(OC)cn3)[n+]2O)c1. The molecule has 0 radical (unpaired) electrons. The van der Waals surface area contributed by atoms with Crippen LogP contribution in [0.15, 0.2) is 54.7 Å². The second-order valence-corrected chi connectivity index (χ2v) is 8.89. The van der Waals surface area contributed by atoms with Gasteiger partial charge >= 0.3 is 11.7 Å². The van der Waals surface area contributed by atoms with Crippen LogP contribution in [0.1, 0.15) is 46.2 Å². The summed E-state index contributed by atoms with van der Waals surface area (Å²) in [4.78, 5) is 20.5. The van der Waals surface area contributed by atoms with Crippen molar-refractivity contribution in [2.45, 2.75) is 40.0 Å². The Kier molecular flexibility index (Phi) is 6.98. The minimum atomic E-state index is -3.01. The molecule has 4 aromatic rings. The lowest BCUT2D eigenvalue weighted by Crippen LogP contribution is -2.39. The summed E-state index contributed by atoms with van der Waals surface area (Å²) in [5.74, 6) is -2.93. The van der Waals surface area contributed by atoms with E-state index in [9.17, 15) is 18.8 Å². The molecule has 0 saturated heterocycles. The molecule has 2 aromatic heterocycles. The summed E-state index contributed by atoms with van der Waals surface area (Å²) in [6, 6.07) is 13.3. The van der Waals surface area contributed by atoms with E-state index in [4.69, 9.17) is 4.74 Å². The third-order valence-electron chi connectivity index (χ3n) is 6.37. The Morgan fingerprint density at radius 3 is 2.46 bits per heavy atom. The molecule has 0 spiro atoms. The maximum atomic E-state index is 14.1. The zero-order chi connectivity index (χ0) is 26.9. The molecular formula is C28H29F2N4O3+. The fraction of sp³-hybridized carbons (Fsp3) is 0.250. The van der Waals surface area contributed by atoms with Gasteiger partial charge < -0.3 is 15.3 Å². The Balaban J connectivity index is 1.72. The minimum absolute atomic E-state index is 0.0751. The van der Waals surface area contributed by atoms with Crippen LogP contribution >= 0.6 is 0 Å².